The molecule has 1 heterocycles. The molecule has 0 unspecified atom stereocenters. The molecular weight excluding hydrogens is 575 g/mol. The molecule has 0 saturated carbocycles. The van der Waals surface area contributed by atoms with Gasteiger partial charge in [0.15, 0.2) is 0 Å². The van der Waals surface area contributed by atoms with Crippen LogP contribution in [0.3, 0.4) is 0 Å². The summed E-state index contributed by atoms with van der Waals surface area (Å²) in [5.74, 6) is -2.46. The second-order valence-electron chi connectivity index (χ2n) is 11.5. The largest absolute Gasteiger partial charge is 0.490 e. The zero-order chi connectivity index (χ0) is 31.9. The van der Waals surface area contributed by atoms with Gasteiger partial charge in [0.25, 0.3) is 15.9 Å². The number of carbonyl (C=O) groups excluding carboxylic acids is 2. The average molecular weight is 614 g/mol. The topological polar surface area (TPSA) is 133 Å². The molecule has 0 aromatic heterocycles. The number of rotatable bonds is 7. The van der Waals surface area contributed by atoms with Crippen LogP contribution in [0.1, 0.15) is 63.4 Å². The van der Waals surface area contributed by atoms with Crippen LogP contribution in [0.5, 0.6) is 0 Å². The van der Waals surface area contributed by atoms with Crippen LogP contribution in [-0.2, 0) is 25.0 Å². The number of hydrogen-bond acceptors (Lipinski definition) is 5. The fraction of sp³-hybridized carbons (Fsp3) is 0.483. The Morgan fingerprint density at radius 3 is 1.88 bits per heavy atom. The standard InChI is InChI=1S/C27H37N3O4S.C2HF3O2/c1-19(2)18-28-25(31)20-14-16-30(17-15-20)26(32)21-6-10-23(11-7-21)29-35(33,34)24-12-8-22(9-13-24)27(3,4)5;3-2(4,5)1(6)7/h6-13,19-20,29H,14-18H2,1-5H3,(H,28,31);(H,6,7). The molecule has 1 aliphatic rings. The smallest absolute Gasteiger partial charge is 0.475 e. The van der Waals surface area contributed by atoms with Crippen molar-refractivity contribution in [1.29, 1.82) is 0 Å². The molecule has 232 valence electrons. The number of likely N-dealkylation sites (tertiary alicyclic amines) is 1. The Labute approximate surface area is 244 Å². The van der Waals surface area contributed by atoms with Crippen molar-refractivity contribution >= 4 is 33.5 Å². The Balaban J connectivity index is 0.000000782. The minimum Gasteiger partial charge on any atom is -0.475 e. The van der Waals surface area contributed by atoms with Gasteiger partial charge in [-0.3, -0.25) is 14.3 Å². The number of halogens is 3. The van der Waals surface area contributed by atoms with Crippen molar-refractivity contribution in [2.24, 2.45) is 11.8 Å². The van der Waals surface area contributed by atoms with Crippen LogP contribution < -0.4 is 10.0 Å². The Hall–Kier alpha value is -3.61. The monoisotopic (exact) mass is 613 g/mol. The normalized spacial score (nSPS) is 14.5. The number of benzene rings is 2. The van der Waals surface area contributed by atoms with Crippen LogP contribution >= 0.6 is 0 Å². The Kier molecular flexibility index (Phi) is 11.6. The highest BCUT2D eigenvalue weighted by atomic mass is 32.2. The molecule has 3 N–H and O–H groups in total. The van der Waals surface area contributed by atoms with E-state index in [4.69, 9.17) is 9.90 Å². The van der Waals surface area contributed by atoms with E-state index in [0.717, 1.165) is 5.56 Å². The molecule has 42 heavy (non-hydrogen) atoms. The summed E-state index contributed by atoms with van der Waals surface area (Å²) >= 11 is 0. The van der Waals surface area contributed by atoms with E-state index in [-0.39, 0.29) is 28.0 Å². The van der Waals surface area contributed by atoms with Crippen molar-refractivity contribution < 1.29 is 41.1 Å². The molecule has 0 aliphatic carbocycles. The van der Waals surface area contributed by atoms with E-state index in [0.29, 0.717) is 49.6 Å². The summed E-state index contributed by atoms with van der Waals surface area (Å²) in [6.45, 7) is 12.1. The van der Waals surface area contributed by atoms with E-state index in [2.05, 4.69) is 44.7 Å². The summed E-state index contributed by atoms with van der Waals surface area (Å²) < 4.78 is 59.9. The lowest BCUT2D eigenvalue weighted by Gasteiger charge is -2.31. The highest BCUT2D eigenvalue weighted by molar-refractivity contribution is 7.92. The second-order valence-corrected chi connectivity index (χ2v) is 13.1. The third-order valence-electron chi connectivity index (χ3n) is 6.49. The third kappa shape index (κ3) is 10.3. The molecule has 0 atom stereocenters. The van der Waals surface area contributed by atoms with Gasteiger partial charge in [-0.15, -0.1) is 0 Å². The summed E-state index contributed by atoms with van der Waals surface area (Å²) in [6, 6.07) is 13.3. The Bertz CT molecular complexity index is 1330. The van der Waals surface area contributed by atoms with Gasteiger partial charge in [-0.2, -0.15) is 13.2 Å². The lowest BCUT2D eigenvalue weighted by atomic mass is 9.87. The SMILES string of the molecule is CC(C)CNC(=O)C1CCN(C(=O)c2ccc(NS(=O)(=O)c3ccc(C(C)(C)C)cc3)cc2)CC1.O=C(O)C(F)(F)F. The first-order valence-corrected chi connectivity index (χ1v) is 14.9. The molecule has 0 radical (unpaired) electrons. The van der Waals surface area contributed by atoms with Crippen LogP contribution in [-0.4, -0.2) is 62.0 Å². The maximum atomic E-state index is 12.9. The number of carboxylic acids is 1. The quantitative estimate of drug-likeness (QED) is 0.401. The van der Waals surface area contributed by atoms with E-state index >= 15 is 0 Å². The van der Waals surface area contributed by atoms with Gasteiger partial charge in [0.1, 0.15) is 0 Å². The molecule has 0 bridgehead atoms. The third-order valence-corrected chi connectivity index (χ3v) is 7.89. The number of carboxylic acid groups (broad SMARTS) is 1. The van der Waals surface area contributed by atoms with E-state index in [1.807, 2.05) is 12.1 Å². The summed E-state index contributed by atoms with van der Waals surface area (Å²) in [7, 11) is -3.74. The van der Waals surface area contributed by atoms with Crippen molar-refractivity contribution in [3.05, 3.63) is 59.7 Å². The van der Waals surface area contributed by atoms with Crippen molar-refractivity contribution in [2.45, 2.75) is 63.9 Å². The molecule has 13 heteroatoms. The highest BCUT2D eigenvalue weighted by Crippen LogP contribution is 2.25. The number of sulfonamides is 1. The molecule has 1 aliphatic heterocycles. The molecule has 3 rings (SSSR count). The molecule has 2 aromatic rings. The van der Waals surface area contributed by atoms with E-state index in [1.54, 1.807) is 41.3 Å². The zero-order valence-corrected chi connectivity index (χ0v) is 25.1. The van der Waals surface area contributed by atoms with Gasteiger partial charge in [-0.25, -0.2) is 13.2 Å². The number of nitrogens with one attached hydrogen (secondary N) is 2. The molecular formula is C29H38F3N3O6S. The maximum absolute atomic E-state index is 12.9. The predicted molar refractivity (Wildman–Crippen MR) is 153 cm³/mol. The van der Waals surface area contributed by atoms with Crippen molar-refractivity contribution in [3.8, 4) is 0 Å². The number of amides is 2. The first-order valence-electron chi connectivity index (χ1n) is 13.4. The molecule has 1 fully saturated rings. The maximum Gasteiger partial charge on any atom is 0.490 e. The number of anilines is 1. The number of nitrogens with zero attached hydrogens (tertiary/aromatic N) is 1. The van der Waals surface area contributed by atoms with Gasteiger partial charge in [0.05, 0.1) is 4.90 Å². The minimum atomic E-state index is -5.08. The summed E-state index contributed by atoms with van der Waals surface area (Å²) in [5.41, 5.74) is 1.87. The van der Waals surface area contributed by atoms with Crippen molar-refractivity contribution in [1.82, 2.24) is 10.2 Å². The molecule has 2 aromatic carbocycles. The number of alkyl halides is 3. The first-order chi connectivity index (χ1) is 19.3. The Morgan fingerprint density at radius 1 is 0.952 bits per heavy atom. The molecule has 2 amide bonds. The average Bonchev–Trinajstić information content (AvgIpc) is 2.91. The van der Waals surface area contributed by atoms with E-state index < -0.39 is 22.2 Å². The number of hydrogen-bond donors (Lipinski definition) is 3. The van der Waals surface area contributed by atoms with Crippen molar-refractivity contribution in [2.75, 3.05) is 24.4 Å². The first kappa shape index (κ1) is 34.6. The fourth-order valence-electron chi connectivity index (χ4n) is 4.01. The van der Waals surface area contributed by atoms with Crippen LogP contribution in [0.25, 0.3) is 0 Å². The molecule has 0 spiro atoms. The lowest BCUT2D eigenvalue weighted by molar-refractivity contribution is -0.192. The van der Waals surface area contributed by atoms with Gasteiger partial charge in [-0.1, -0.05) is 46.8 Å². The van der Waals surface area contributed by atoms with Gasteiger partial charge in [0, 0.05) is 36.8 Å². The number of carbonyl (C=O) groups is 3. The number of aliphatic carboxylic acids is 1. The summed E-state index contributed by atoms with van der Waals surface area (Å²) in [6.07, 6.45) is -3.80. The second kappa shape index (κ2) is 14.0. The Morgan fingerprint density at radius 2 is 1.45 bits per heavy atom. The van der Waals surface area contributed by atoms with Gasteiger partial charge in [0.2, 0.25) is 5.91 Å². The van der Waals surface area contributed by atoms with Crippen molar-refractivity contribution in [3.63, 3.8) is 0 Å². The fourth-order valence-corrected chi connectivity index (χ4v) is 5.06. The van der Waals surface area contributed by atoms with Crippen LogP contribution in [0.15, 0.2) is 53.4 Å². The van der Waals surface area contributed by atoms with Gasteiger partial charge >= 0.3 is 12.1 Å². The van der Waals surface area contributed by atoms with E-state index in [1.165, 1.54) is 0 Å². The molecule has 9 nitrogen and oxygen atoms in total. The molecule has 1 saturated heterocycles. The number of piperidine rings is 1. The highest BCUT2D eigenvalue weighted by Gasteiger charge is 2.38. The summed E-state index contributed by atoms with van der Waals surface area (Å²) in [4.78, 5) is 36.0. The van der Waals surface area contributed by atoms with Crippen LogP contribution in [0.4, 0.5) is 18.9 Å². The lowest BCUT2D eigenvalue weighted by Crippen LogP contribution is -2.43. The van der Waals surface area contributed by atoms with Gasteiger partial charge in [-0.05, 0) is 66.1 Å². The van der Waals surface area contributed by atoms with Gasteiger partial charge < -0.3 is 15.3 Å². The van der Waals surface area contributed by atoms with E-state index in [9.17, 15) is 31.2 Å². The van der Waals surface area contributed by atoms with Crippen LogP contribution in [0.2, 0.25) is 0 Å². The minimum absolute atomic E-state index is 0.0620. The predicted octanol–water partition coefficient (Wildman–Crippen LogP) is 5.04. The van der Waals surface area contributed by atoms with Crippen LogP contribution in [0, 0.1) is 11.8 Å². The zero-order valence-electron chi connectivity index (χ0n) is 24.3. The summed E-state index contributed by atoms with van der Waals surface area (Å²) in [5, 5.41) is 10.1.